The van der Waals surface area contributed by atoms with Crippen LogP contribution in [0.25, 0.3) is 5.65 Å². The minimum absolute atomic E-state index is 0.0914. The highest BCUT2D eigenvalue weighted by Crippen LogP contribution is 2.25. The number of aromatic nitrogens is 2. The summed E-state index contributed by atoms with van der Waals surface area (Å²) in [5.74, 6) is 0.653. The van der Waals surface area contributed by atoms with Gasteiger partial charge in [-0.2, -0.15) is 0 Å². The topological polar surface area (TPSA) is 58.9 Å². The lowest BCUT2D eigenvalue weighted by molar-refractivity contribution is 0.0191. The number of ether oxygens (including phenoxy) is 1. The quantitative estimate of drug-likeness (QED) is 0.508. The summed E-state index contributed by atoms with van der Waals surface area (Å²) in [4.78, 5) is 20.4. The number of pyridine rings is 1. The van der Waals surface area contributed by atoms with Crippen LogP contribution in [0.4, 0.5) is 0 Å². The molecule has 3 aromatic rings. The van der Waals surface area contributed by atoms with E-state index in [9.17, 15) is 4.79 Å². The van der Waals surface area contributed by atoms with Crippen molar-refractivity contribution in [2.45, 2.75) is 39.2 Å². The zero-order chi connectivity index (χ0) is 23.4. The molecule has 1 N–H and O–H groups in total. The largest absolute Gasteiger partial charge is 0.379 e. The number of imidazole rings is 1. The molecule has 2 aromatic heterocycles. The molecule has 1 aliphatic rings. The molecule has 176 valence electrons. The second kappa shape index (κ2) is 10.7. The molecule has 6 nitrogen and oxygen atoms in total. The number of fused-ring (bicyclic) bond motifs is 1. The van der Waals surface area contributed by atoms with E-state index in [1.165, 1.54) is 5.56 Å². The van der Waals surface area contributed by atoms with E-state index in [-0.39, 0.29) is 17.9 Å². The van der Waals surface area contributed by atoms with Gasteiger partial charge in [0.15, 0.2) is 0 Å². The summed E-state index contributed by atoms with van der Waals surface area (Å²) in [7, 11) is 0. The van der Waals surface area contributed by atoms with Gasteiger partial charge in [0.2, 0.25) is 0 Å². The second-order valence-corrected chi connectivity index (χ2v) is 9.65. The van der Waals surface area contributed by atoms with Crippen molar-refractivity contribution in [1.82, 2.24) is 19.6 Å². The summed E-state index contributed by atoms with van der Waals surface area (Å²) in [6, 6.07) is 13.8. The number of rotatable bonds is 8. The van der Waals surface area contributed by atoms with Gasteiger partial charge in [-0.05, 0) is 49.1 Å². The molecule has 0 spiro atoms. The summed E-state index contributed by atoms with van der Waals surface area (Å²) < 4.78 is 7.38. The molecule has 7 heteroatoms. The first-order valence-electron chi connectivity index (χ1n) is 11.8. The van der Waals surface area contributed by atoms with E-state index >= 15 is 0 Å². The van der Waals surface area contributed by atoms with Gasteiger partial charge in [0.25, 0.3) is 5.91 Å². The predicted octanol–water partition coefficient (Wildman–Crippen LogP) is 4.94. The standard InChI is InChI=1S/C26H33ClN4O2/c1-18(2)15-21(20-7-9-22(27)10-8-20)16-28-26(32)24-5-4-6-25-29-23(17-31(24)25)19(3)30-11-13-33-14-12-30/h4-10,17-19,21H,11-16H2,1-3H3,(H,28,32). The smallest absolute Gasteiger partial charge is 0.268 e. The van der Waals surface area contributed by atoms with Crippen molar-refractivity contribution in [2.24, 2.45) is 5.92 Å². The minimum atomic E-state index is -0.0914. The summed E-state index contributed by atoms with van der Waals surface area (Å²) in [5, 5.41) is 3.89. The summed E-state index contributed by atoms with van der Waals surface area (Å²) in [6.45, 7) is 10.4. The Bertz CT molecular complexity index is 1070. The maximum absolute atomic E-state index is 13.2. The highest BCUT2D eigenvalue weighted by molar-refractivity contribution is 6.30. The Morgan fingerprint density at radius 2 is 1.85 bits per heavy atom. The summed E-state index contributed by atoms with van der Waals surface area (Å²) in [5.41, 5.74) is 3.54. The number of halogens is 1. The van der Waals surface area contributed by atoms with Gasteiger partial charge >= 0.3 is 0 Å². The van der Waals surface area contributed by atoms with Crippen LogP contribution in [0.3, 0.4) is 0 Å². The molecule has 1 amide bonds. The highest BCUT2D eigenvalue weighted by Gasteiger charge is 2.22. The van der Waals surface area contributed by atoms with E-state index in [4.69, 9.17) is 21.3 Å². The Kier molecular flexibility index (Phi) is 7.68. The molecule has 0 bridgehead atoms. The monoisotopic (exact) mass is 468 g/mol. The average molecular weight is 469 g/mol. The second-order valence-electron chi connectivity index (χ2n) is 9.22. The van der Waals surface area contributed by atoms with Crippen LogP contribution >= 0.6 is 11.6 Å². The number of carbonyl (C=O) groups excluding carboxylic acids is 1. The first kappa shape index (κ1) is 23.7. The van der Waals surface area contributed by atoms with E-state index in [1.807, 2.05) is 40.9 Å². The predicted molar refractivity (Wildman–Crippen MR) is 132 cm³/mol. The number of amides is 1. The Labute approximate surface area is 200 Å². The maximum atomic E-state index is 13.2. The van der Waals surface area contributed by atoms with Crippen LogP contribution in [0.5, 0.6) is 0 Å². The first-order chi connectivity index (χ1) is 15.9. The molecule has 0 radical (unpaired) electrons. The molecule has 2 unspecified atom stereocenters. The molecule has 1 saturated heterocycles. The molecule has 33 heavy (non-hydrogen) atoms. The minimum Gasteiger partial charge on any atom is -0.379 e. The lowest BCUT2D eigenvalue weighted by Gasteiger charge is -2.31. The Morgan fingerprint density at radius 1 is 1.12 bits per heavy atom. The van der Waals surface area contributed by atoms with Crippen LogP contribution in [0.1, 0.15) is 60.9 Å². The van der Waals surface area contributed by atoms with Gasteiger partial charge in [-0.1, -0.05) is 43.6 Å². The number of morpholine rings is 1. The molecule has 0 aliphatic carbocycles. The van der Waals surface area contributed by atoms with Crippen molar-refractivity contribution in [2.75, 3.05) is 32.8 Å². The van der Waals surface area contributed by atoms with Crippen molar-refractivity contribution in [3.8, 4) is 0 Å². The molecule has 2 atom stereocenters. The molecule has 1 aliphatic heterocycles. The van der Waals surface area contributed by atoms with Gasteiger partial charge in [-0.15, -0.1) is 0 Å². The summed E-state index contributed by atoms with van der Waals surface area (Å²) in [6.07, 6.45) is 2.98. The Balaban J connectivity index is 1.51. The first-order valence-corrected chi connectivity index (χ1v) is 12.1. The van der Waals surface area contributed by atoms with Gasteiger partial charge in [0.1, 0.15) is 11.3 Å². The number of carbonyl (C=O) groups is 1. The van der Waals surface area contributed by atoms with Gasteiger partial charge < -0.3 is 10.1 Å². The molecule has 0 saturated carbocycles. The van der Waals surface area contributed by atoms with Gasteiger partial charge in [-0.25, -0.2) is 4.98 Å². The van der Waals surface area contributed by atoms with Crippen molar-refractivity contribution >= 4 is 23.2 Å². The Morgan fingerprint density at radius 3 is 2.55 bits per heavy atom. The van der Waals surface area contributed by atoms with Crippen molar-refractivity contribution < 1.29 is 9.53 Å². The van der Waals surface area contributed by atoms with E-state index in [0.29, 0.717) is 18.2 Å². The average Bonchev–Trinajstić information content (AvgIpc) is 3.26. The van der Waals surface area contributed by atoms with E-state index in [2.05, 4.69) is 43.1 Å². The third-order valence-corrected chi connectivity index (χ3v) is 6.62. The molecule has 3 heterocycles. The summed E-state index contributed by atoms with van der Waals surface area (Å²) >= 11 is 6.07. The lowest BCUT2D eigenvalue weighted by Crippen LogP contribution is -2.38. The van der Waals surface area contributed by atoms with E-state index in [0.717, 1.165) is 49.1 Å². The normalized spacial score (nSPS) is 16.8. The number of nitrogens with zero attached hydrogens (tertiary/aromatic N) is 3. The van der Waals surface area contributed by atoms with Crippen LogP contribution in [-0.2, 0) is 4.74 Å². The molecule has 1 fully saturated rings. The van der Waals surface area contributed by atoms with Crippen LogP contribution < -0.4 is 5.32 Å². The van der Waals surface area contributed by atoms with Crippen LogP contribution in [0, 0.1) is 5.92 Å². The highest BCUT2D eigenvalue weighted by atomic mass is 35.5. The van der Waals surface area contributed by atoms with E-state index < -0.39 is 0 Å². The van der Waals surface area contributed by atoms with Crippen molar-refractivity contribution in [3.63, 3.8) is 0 Å². The zero-order valence-corrected chi connectivity index (χ0v) is 20.4. The lowest BCUT2D eigenvalue weighted by atomic mass is 9.90. The third kappa shape index (κ3) is 5.75. The number of hydrogen-bond donors (Lipinski definition) is 1. The van der Waals surface area contributed by atoms with Crippen LogP contribution in [0.15, 0.2) is 48.7 Å². The maximum Gasteiger partial charge on any atom is 0.268 e. The molecule has 4 rings (SSSR count). The van der Waals surface area contributed by atoms with Gasteiger partial charge in [0, 0.05) is 36.8 Å². The van der Waals surface area contributed by atoms with Gasteiger partial charge in [0.05, 0.1) is 24.9 Å². The number of nitrogens with one attached hydrogen (secondary N) is 1. The zero-order valence-electron chi connectivity index (χ0n) is 19.6. The SMILES string of the molecule is CC(C)CC(CNC(=O)c1cccc2nc(C(C)N3CCOCC3)cn12)c1ccc(Cl)cc1. The van der Waals surface area contributed by atoms with E-state index in [1.54, 1.807) is 0 Å². The number of benzene rings is 1. The molecular formula is C26H33ClN4O2. The fourth-order valence-electron chi connectivity index (χ4n) is 4.52. The van der Waals surface area contributed by atoms with Crippen LogP contribution in [0.2, 0.25) is 5.02 Å². The fourth-order valence-corrected chi connectivity index (χ4v) is 4.64. The number of hydrogen-bond acceptors (Lipinski definition) is 4. The van der Waals surface area contributed by atoms with Gasteiger partial charge in [-0.3, -0.25) is 14.1 Å². The van der Waals surface area contributed by atoms with Crippen LogP contribution in [-0.4, -0.2) is 53.0 Å². The Hall–Kier alpha value is -2.41. The third-order valence-electron chi connectivity index (χ3n) is 6.37. The molecule has 1 aromatic carbocycles. The van der Waals surface area contributed by atoms with Crippen molar-refractivity contribution in [1.29, 1.82) is 0 Å². The van der Waals surface area contributed by atoms with Crippen molar-refractivity contribution in [3.05, 3.63) is 70.6 Å². The fraction of sp³-hybridized carbons (Fsp3) is 0.462. The molecular weight excluding hydrogens is 436 g/mol.